The second kappa shape index (κ2) is 11.4. The molecule has 1 aliphatic rings. The van der Waals surface area contributed by atoms with Crippen LogP contribution in [0.3, 0.4) is 0 Å². The number of hydrogen-bond acceptors (Lipinski definition) is 4. The quantitative estimate of drug-likeness (QED) is 0.230. The second-order valence-electron chi connectivity index (χ2n) is 5.19. The minimum Gasteiger partial charge on any atom is -0.469 e. The van der Waals surface area contributed by atoms with Crippen LogP contribution in [0.4, 0.5) is 0 Å². The Morgan fingerprint density at radius 3 is 2.71 bits per heavy atom. The van der Waals surface area contributed by atoms with Crippen LogP contribution in [0.5, 0.6) is 0 Å². The van der Waals surface area contributed by atoms with Gasteiger partial charge < -0.3 is 15.0 Å². The van der Waals surface area contributed by atoms with E-state index in [2.05, 4.69) is 28.4 Å². The highest BCUT2D eigenvalue weighted by Crippen LogP contribution is 2.23. The van der Waals surface area contributed by atoms with Crippen molar-refractivity contribution in [2.75, 3.05) is 45.8 Å². The van der Waals surface area contributed by atoms with Crippen molar-refractivity contribution in [1.82, 2.24) is 10.2 Å². The molecule has 21 heavy (non-hydrogen) atoms. The van der Waals surface area contributed by atoms with Crippen LogP contribution in [0.1, 0.15) is 19.8 Å². The molecule has 1 N–H and O–H groups in total. The number of nitrogens with zero attached hydrogens (tertiary/aromatic N) is 2. The summed E-state index contributed by atoms with van der Waals surface area (Å²) in [5.41, 5.74) is 0. The van der Waals surface area contributed by atoms with Gasteiger partial charge in [0.1, 0.15) is 0 Å². The maximum Gasteiger partial charge on any atom is 0.310 e. The van der Waals surface area contributed by atoms with E-state index in [4.69, 9.17) is 4.74 Å². The summed E-state index contributed by atoms with van der Waals surface area (Å²) < 4.78 is 4.86. The van der Waals surface area contributed by atoms with E-state index >= 15 is 0 Å². The largest absolute Gasteiger partial charge is 0.469 e. The number of nitrogens with one attached hydrogen (secondary N) is 1. The van der Waals surface area contributed by atoms with Gasteiger partial charge in [0.15, 0.2) is 5.96 Å². The van der Waals surface area contributed by atoms with Gasteiger partial charge in [-0.3, -0.25) is 9.79 Å². The molecule has 1 saturated heterocycles. The number of carbonyl (C=O) groups is 1. The van der Waals surface area contributed by atoms with E-state index in [0.717, 1.165) is 25.5 Å². The first-order valence-electron chi connectivity index (χ1n) is 7.16. The Labute approximate surface area is 149 Å². The smallest absolute Gasteiger partial charge is 0.310 e. The predicted octanol–water partition coefficient (Wildman–Crippen LogP) is 2.06. The molecule has 0 aliphatic carbocycles. The Hall–Kier alpha value is -0.180. The zero-order valence-corrected chi connectivity index (χ0v) is 16.6. The van der Waals surface area contributed by atoms with Gasteiger partial charge in [-0.15, -0.1) is 24.0 Å². The summed E-state index contributed by atoms with van der Waals surface area (Å²) in [6.45, 7) is 4.57. The summed E-state index contributed by atoms with van der Waals surface area (Å²) in [7, 11) is 3.25. The molecule has 1 rings (SSSR count). The van der Waals surface area contributed by atoms with E-state index in [0.29, 0.717) is 12.5 Å². The van der Waals surface area contributed by atoms with E-state index < -0.39 is 0 Å². The van der Waals surface area contributed by atoms with E-state index in [9.17, 15) is 4.79 Å². The van der Waals surface area contributed by atoms with Crippen LogP contribution in [-0.4, -0.2) is 62.6 Å². The SMILES string of the molecule is CN=C(NCCCCSC)N1CC(C)C(C(=O)OC)C1.I. The highest BCUT2D eigenvalue weighted by molar-refractivity contribution is 14.0. The summed E-state index contributed by atoms with van der Waals surface area (Å²) in [5, 5.41) is 3.38. The summed E-state index contributed by atoms with van der Waals surface area (Å²) in [6.07, 6.45) is 4.49. The van der Waals surface area contributed by atoms with Gasteiger partial charge in [0.25, 0.3) is 0 Å². The third kappa shape index (κ3) is 6.63. The van der Waals surface area contributed by atoms with Gasteiger partial charge in [-0.25, -0.2) is 0 Å². The molecule has 1 heterocycles. The lowest BCUT2D eigenvalue weighted by Gasteiger charge is -2.21. The lowest BCUT2D eigenvalue weighted by Crippen LogP contribution is -2.41. The Kier molecular flexibility index (Phi) is 11.3. The Bertz CT molecular complexity index is 342. The number of guanidine groups is 1. The molecule has 2 unspecified atom stereocenters. The first kappa shape index (κ1) is 20.8. The molecule has 0 amide bonds. The fraction of sp³-hybridized carbons (Fsp3) is 0.857. The van der Waals surface area contributed by atoms with Crippen LogP contribution in [0.2, 0.25) is 0 Å². The molecule has 0 aromatic rings. The minimum absolute atomic E-state index is 0. The van der Waals surface area contributed by atoms with Crippen molar-refractivity contribution in [1.29, 1.82) is 0 Å². The number of halogens is 1. The molecule has 0 aromatic carbocycles. The van der Waals surface area contributed by atoms with Gasteiger partial charge in [-0.05, 0) is 30.8 Å². The standard InChI is InChI=1S/C14H27N3O2S.HI/c1-11-9-17(10-12(11)13(18)19-3)14(15-2)16-7-5-6-8-20-4;/h11-12H,5-10H2,1-4H3,(H,15,16);1H. The first-order chi connectivity index (χ1) is 9.63. The molecule has 5 nitrogen and oxygen atoms in total. The number of hydrogen-bond donors (Lipinski definition) is 1. The van der Waals surface area contributed by atoms with E-state index in [-0.39, 0.29) is 35.9 Å². The molecule has 2 atom stereocenters. The zero-order valence-electron chi connectivity index (χ0n) is 13.4. The number of esters is 1. The number of unbranched alkanes of at least 4 members (excludes halogenated alkanes) is 1. The molecule has 0 spiro atoms. The average Bonchev–Trinajstić information content (AvgIpc) is 2.84. The van der Waals surface area contributed by atoms with Crippen LogP contribution < -0.4 is 5.32 Å². The van der Waals surface area contributed by atoms with Crippen molar-refractivity contribution in [3.63, 3.8) is 0 Å². The van der Waals surface area contributed by atoms with Gasteiger partial charge in [0.05, 0.1) is 13.0 Å². The first-order valence-corrected chi connectivity index (χ1v) is 8.55. The van der Waals surface area contributed by atoms with Crippen LogP contribution in [-0.2, 0) is 9.53 Å². The van der Waals surface area contributed by atoms with Crippen LogP contribution in [0, 0.1) is 11.8 Å². The summed E-state index contributed by atoms with van der Waals surface area (Å²) in [6, 6.07) is 0. The van der Waals surface area contributed by atoms with Crippen molar-refractivity contribution >= 4 is 47.7 Å². The summed E-state index contributed by atoms with van der Waals surface area (Å²) >= 11 is 1.88. The van der Waals surface area contributed by atoms with Crippen molar-refractivity contribution in [2.24, 2.45) is 16.8 Å². The fourth-order valence-corrected chi connectivity index (χ4v) is 2.99. The normalized spacial score (nSPS) is 21.9. The zero-order chi connectivity index (χ0) is 15.0. The number of carbonyl (C=O) groups excluding carboxylic acids is 1. The molecule has 7 heteroatoms. The molecule has 0 radical (unpaired) electrons. The third-order valence-corrected chi connectivity index (χ3v) is 4.38. The number of likely N-dealkylation sites (tertiary alicyclic amines) is 1. The lowest BCUT2D eigenvalue weighted by molar-refractivity contribution is -0.145. The molecular weight excluding hydrogens is 401 g/mol. The highest BCUT2D eigenvalue weighted by atomic mass is 127. The lowest BCUT2D eigenvalue weighted by atomic mass is 9.99. The van der Waals surface area contributed by atoms with Gasteiger partial charge in [0, 0.05) is 26.7 Å². The highest BCUT2D eigenvalue weighted by Gasteiger charge is 2.36. The molecule has 1 fully saturated rings. The summed E-state index contributed by atoms with van der Waals surface area (Å²) in [5.74, 6) is 2.24. The number of methoxy groups -OCH3 is 1. The van der Waals surface area contributed by atoms with Crippen molar-refractivity contribution in [3.05, 3.63) is 0 Å². The minimum atomic E-state index is -0.115. The Morgan fingerprint density at radius 1 is 1.43 bits per heavy atom. The summed E-state index contributed by atoms with van der Waals surface area (Å²) in [4.78, 5) is 18.2. The topological polar surface area (TPSA) is 53.9 Å². The predicted molar refractivity (Wildman–Crippen MR) is 101 cm³/mol. The number of rotatable bonds is 6. The second-order valence-corrected chi connectivity index (χ2v) is 6.17. The molecule has 124 valence electrons. The van der Waals surface area contributed by atoms with Crippen molar-refractivity contribution in [3.8, 4) is 0 Å². The van der Waals surface area contributed by atoms with E-state index in [1.54, 1.807) is 7.05 Å². The van der Waals surface area contributed by atoms with Crippen LogP contribution in [0.15, 0.2) is 4.99 Å². The molecular formula is C14H28IN3O2S. The van der Waals surface area contributed by atoms with E-state index in [1.165, 1.54) is 19.3 Å². The molecule has 0 bridgehead atoms. The van der Waals surface area contributed by atoms with Crippen molar-refractivity contribution in [2.45, 2.75) is 19.8 Å². The van der Waals surface area contributed by atoms with Gasteiger partial charge in [-0.2, -0.15) is 11.8 Å². The number of ether oxygens (including phenoxy) is 1. The van der Waals surface area contributed by atoms with Crippen LogP contribution >= 0.6 is 35.7 Å². The van der Waals surface area contributed by atoms with Gasteiger partial charge in [0.2, 0.25) is 0 Å². The van der Waals surface area contributed by atoms with Crippen LogP contribution in [0.25, 0.3) is 0 Å². The maximum absolute atomic E-state index is 11.7. The number of thioether (sulfide) groups is 1. The van der Waals surface area contributed by atoms with E-state index in [1.807, 2.05) is 11.8 Å². The van der Waals surface area contributed by atoms with Crippen molar-refractivity contribution < 1.29 is 9.53 Å². The Morgan fingerprint density at radius 2 is 2.14 bits per heavy atom. The average molecular weight is 429 g/mol. The monoisotopic (exact) mass is 429 g/mol. The third-order valence-electron chi connectivity index (χ3n) is 3.69. The fourth-order valence-electron chi connectivity index (χ4n) is 2.50. The molecule has 1 aliphatic heterocycles. The molecule has 0 saturated carbocycles. The molecule has 0 aromatic heterocycles. The van der Waals surface area contributed by atoms with Gasteiger partial charge in [-0.1, -0.05) is 6.92 Å². The number of aliphatic imine (C=N–C) groups is 1. The maximum atomic E-state index is 11.7. The van der Waals surface area contributed by atoms with Gasteiger partial charge >= 0.3 is 5.97 Å². The Balaban J connectivity index is 0.00000400.